The molecule has 0 bridgehead atoms. The van der Waals surface area contributed by atoms with E-state index in [9.17, 15) is 26.4 Å². The molecule has 3 aromatic carbocycles. The number of carbonyl (C=O) groups excluding carboxylic acids is 1. The smallest absolute Gasteiger partial charge is 0.289 e. The number of benzene rings is 3. The summed E-state index contributed by atoms with van der Waals surface area (Å²) in [6.07, 6.45) is 1.00. The van der Waals surface area contributed by atoms with Gasteiger partial charge in [-0.3, -0.25) is 4.79 Å². The van der Waals surface area contributed by atoms with E-state index in [1.54, 1.807) is 48.6 Å². The van der Waals surface area contributed by atoms with Crippen LogP contribution in [0.4, 0.5) is 18.9 Å². The molecule has 1 atom stereocenters. The summed E-state index contributed by atoms with van der Waals surface area (Å²) in [6, 6.07) is 18.4. The molecule has 2 aliphatic rings. The van der Waals surface area contributed by atoms with Gasteiger partial charge in [0.05, 0.1) is 28.6 Å². The number of fused-ring (bicyclic) bond motifs is 4. The maximum absolute atomic E-state index is 13.5. The summed E-state index contributed by atoms with van der Waals surface area (Å²) in [6.45, 7) is 0. The number of ketones is 1. The van der Waals surface area contributed by atoms with Gasteiger partial charge < -0.3 is 0 Å². The molecule has 0 N–H and O–H groups in total. The van der Waals surface area contributed by atoms with Crippen molar-refractivity contribution in [2.24, 2.45) is 0 Å². The molecule has 0 saturated carbocycles. The van der Waals surface area contributed by atoms with E-state index < -0.39 is 27.2 Å². The van der Waals surface area contributed by atoms with Crippen molar-refractivity contribution in [2.75, 3.05) is 10.6 Å². The average Bonchev–Trinajstić information content (AvgIpc) is 3.10. The lowest BCUT2D eigenvalue weighted by Crippen LogP contribution is -2.41. The van der Waals surface area contributed by atoms with Gasteiger partial charge in [0, 0.05) is 5.56 Å². The van der Waals surface area contributed by atoms with Crippen LogP contribution in [0, 0.1) is 0 Å². The largest absolute Gasteiger partial charge is 0.416 e. The van der Waals surface area contributed by atoms with Crippen molar-refractivity contribution in [2.45, 2.75) is 11.6 Å². The van der Waals surface area contributed by atoms with Crippen LogP contribution in [0.25, 0.3) is 6.08 Å². The zero-order valence-electron chi connectivity index (χ0n) is 17.9. The fraction of sp³-hybridized carbons (Fsp3) is 0.115. The van der Waals surface area contributed by atoms with Crippen molar-refractivity contribution in [1.82, 2.24) is 0 Å². The van der Waals surface area contributed by atoms with Crippen LogP contribution in [0.1, 0.15) is 32.6 Å². The van der Waals surface area contributed by atoms with Crippen molar-refractivity contribution in [1.29, 1.82) is 0 Å². The molecule has 0 amide bonds. The van der Waals surface area contributed by atoms with Gasteiger partial charge >= 0.3 is 6.18 Å². The van der Waals surface area contributed by atoms with E-state index >= 15 is 0 Å². The third kappa shape index (κ3) is 3.28. The molecule has 8 heteroatoms. The number of halogens is 3. The minimum atomic E-state index is -4.65. The Morgan fingerprint density at radius 3 is 2.26 bits per heavy atom. The third-order valence-electron chi connectivity index (χ3n) is 6.14. The lowest BCUT2D eigenvalue weighted by Gasteiger charge is -2.39. The molecule has 34 heavy (non-hydrogen) atoms. The van der Waals surface area contributed by atoms with Crippen LogP contribution in [0.15, 0.2) is 90.6 Å². The highest BCUT2D eigenvalue weighted by atomic mass is 32.2. The van der Waals surface area contributed by atoms with E-state index in [4.69, 9.17) is 0 Å². The van der Waals surface area contributed by atoms with Gasteiger partial charge in [0.2, 0.25) is 10.0 Å². The van der Waals surface area contributed by atoms with E-state index in [-0.39, 0.29) is 17.2 Å². The van der Waals surface area contributed by atoms with Crippen molar-refractivity contribution in [3.63, 3.8) is 0 Å². The van der Waals surface area contributed by atoms with Gasteiger partial charge in [-0.2, -0.15) is 13.2 Å². The van der Waals surface area contributed by atoms with Gasteiger partial charge in [0.25, 0.3) is 0 Å². The second-order valence-electron chi connectivity index (χ2n) is 8.24. The molecule has 0 radical (unpaired) electrons. The molecule has 1 spiro atoms. The zero-order valence-corrected chi connectivity index (χ0v) is 18.7. The maximum Gasteiger partial charge on any atom is 0.416 e. The standard InChI is InChI=1S/C26H18F3NO3S/c1-34(32,33)30(19-9-6-8-18(16-19)26(27,28)29)24-15-17-7-2-4-11-21(17)25(24)14-13-23(31)20-10-3-5-12-22(20)25/h2-16H,1H3/t25-/m0/s1. The minimum Gasteiger partial charge on any atom is -0.289 e. The Bertz CT molecular complexity index is 1510. The van der Waals surface area contributed by atoms with Crippen LogP contribution in [-0.4, -0.2) is 20.5 Å². The predicted molar refractivity (Wildman–Crippen MR) is 124 cm³/mol. The van der Waals surface area contributed by atoms with Crippen LogP contribution in [0.2, 0.25) is 0 Å². The monoisotopic (exact) mass is 481 g/mol. The van der Waals surface area contributed by atoms with Crippen LogP contribution < -0.4 is 4.31 Å². The van der Waals surface area contributed by atoms with E-state index in [1.807, 2.05) is 12.1 Å². The Balaban J connectivity index is 1.83. The molecule has 0 unspecified atom stereocenters. The average molecular weight is 481 g/mol. The molecule has 0 aliphatic heterocycles. The lowest BCUT2D eigenvalue weighted by atomic mass is 9.69. The fourth-order valence-electron chi connectivity index (χ4n) is 4.80. The van der Waals surface area contributed by atoms with E-state index in [0.29, 0.717) is 16.7 Å². The topological polar surface area (TPSA) is 54.5 Å². The summed E-state index contributed by atoms with van der Waals surface area (Å²) < 4.78 is 67.7. The zero-order chi connectivity index (χ0) is 24.3. The highest BCUT2D eigenvalue weighted by Gasteiger charge is 2.49. The predicted octanol–water partition coefficient (Wildman–Crippen LogP) is 5.56. The maximum atomic E-state index is 13.5. The van der Waals surface area contributed by atoms with Crippen LogP contribution >= 0.6 is 0 Å². The summed E-state index contributed by atoms with van der Waals surface area (Å²) in [4.78, 5) is 12.7. The van der Waals surface area contributed by atoms with Crippen molar-refractivity contribution >= 4 is 27.6 Å². The highest BCUT2D eigenvalue weighted by Crippen LogP contribution is 2.53. The molecule has 3 aromatic rings. The Labute approximate surface area is 194 Å². The second-order valence-corrected chi connectivity index (χ2v) is 10.1. The Hall–Kier alpha value is -3.65. The highest BCUT2D eigenvalue weighted by molar-refractivity contribution is 7.92. The summed E-state index contributed by atoms with van der Waals surface area (Å²) in [7, 11) is -4.09. The quantitative estimate of drug-likeness (QED) is 0.492. The summed E-state index contributed by atoms with van der Waals surface area (Å²) in [5.74, 6) is -0.227. The number of carbonyl (C=O) groups is 1. The van der Waals surface area contributed by atoms with Crippen LogP contribution in [0.3, 0.4) is 0 Å². The second kappa shape index (κ2) is 7.43. The molecule has 0 aromatic heterocycles. The number of hydrogen-bond acceptors (Lipinski definition) is 3. The summed E-state index contributed by atoms with van der Waals surface area (Å²) in [5.41, 5.74) is 0.375. The van der Waals surface area contributed by atoms with E-state index in [2.05, 4.69) is 0 Å². The first-order valence-corrected chi connectivity index (χ1v) is 12.2. The van der Waals surface area contributed by atoms with Gasteiger partial charge in [-0.1, -0.05) is 60.7 Å². The van der Waals surface area contributed by atoms with Gasteiger partial charge in [-0.25, -0.2) is 12.7 Å². The number of sulfonamides is 1. The number of rotatable bonds is 3. The van der Waals surface area contributed by atoms with Crippen molar-refractivity contribution in [3.05, 3.63) is 118 Å². The number of alkyl halides is 3. The molecule has 4 nitrogen and oxygen atoms in total. The third-order valence-corrected chi connectivity index (χ3v) is 7.21. The fourth-order valence-corrected chi connectivity index (χ4v) is 5.85. The molecular weight excluding hydrogens is 463 g/mol. The number of hydrogen-bond donors (Lipinski definition) is 0. The van der Waals surface area contributed by atoms with Gasteiger partial charge in [0.1, 0.15) is 0 Å². The lowest BCUT2D eigenvalue weighted by molar-refractivity contribution is -0.137. The van der Waals surface area contributed by atoms with Gasteiger partial charge in [-0.05, 0) is 47.0 Å². The molecule has 172 valence electrons. The number of anilines is 1. The first kappa shape index (κ1) is 22.2. The van der Waals surface area contributed by atoms with E-state index in [0.717, 1.165) is 28.3 Å². The van der Waals surface area contributed by atoms with Crippen LogP contribution in [0.5, 0.6) is 0 Å². The summed E-state index contributed by atoms with van der Waals surface area (Å²) in [5, 5.41) is 0. The SMILES string of the molecule is CS(=O)(=O)N(C1=Cc2ccccc2[C@]12C=CC(=O)c1ccccc12)c1cccc(C(F)(F)F)c1. The van der Waals surface area contributed by atoms with Gasteiger partial charge in [0.15, 0.2) is 5.78 Å². The molecule has 2 aliphatic carbocycles. The first-order valence-electron chi connectivity index (χ1n) is 10.4. The van der Waals surface area contributed by atoms with Crippen molar-refractivity contribution < 1.29 is 26.4 Å². The van der Waals surface area contributed by atoms with Crippen molar-refractivity contribution in [3.8, 4) is 0 Å². The molecule has 5 rings (SSSR count). The molecule has 0 heterocycles. The van der Waals surface area contributed by atoms with Crippen LogP contribution in [-0.2, 0) is 21.6 Å². The first-order chi connectivity index (χ1) is 16.0. The minimum absolute atomic E-state index is 0.140. The molecule has 0 fully saturated rings. The summed E-state index contributed by atoms with van der Waals surface area (Å²) >= 11 is 0. The Kier molecular flexibility index (Phi) is 4.84. The molecule has 0 saturated heterocycles. The Morgan fingerprint density at radius 1 is 0.882 bits per heavy atom. The molecular formula is C26H18F3NO3S. The van der Waals surface area contributed by atoms with E-state index in [1.165, 1.54) is 18.2 Å². The Morgan fingerprint density at radius 2 is 1.56 bits per heavy atom. The normalized spacial score (nSPS) is 19.1. The van der Waals surface area contributed by atoms with Gasteiger partial charge in [-0.15, -0.1) is 0 Å². The number of nitrogens with zero attached hydrogens (tertiary/aromatic N) is 1. The number of allylic oxidation sites excluding steroid dienone is 2.